The van der Waals surface area contributed by atoms with E-state index in [1.165, 1.54) is 71.7 Å². The zero-order valence-electron chi connectivity index (χ0n) is 21.7. The van der Waals surface area contributed by atoms with Gasteiger partial charge in [-0.05, 0) is 54.4 Å². The highest BCUT2D eigenvalue weighted by Crippen LogP contribution is 2.33. The predicted octanol–water partition coefficient (Wildman–Crippen LogP) is 3.54. The van der Waals surface area contributed by atoms with Gasteiger partial charge in [0, 0.05) is 18.0 Å². The molecule has 14 heteroatoms. The van der Waals surface area contributed by atoms with Crippen LogP contribution in [-0.4, -0.2) is 58.0 Å². The molecule has 42 heavy (non-hydrogen) atoms. The number of para-hydroxylation sites is 1. The van der Waals surface area contributed by atoms with Crippen molar-refractivity contribution in [2.24, 2.45) is 5.73 Å². The number of nitrogens with two attached hydrogens (primary N) is 1. The normalized spacial score (nSPS) is 15.2. The molecule has 0 spiro atoms. The first-order chi connectivity index (χ1) is 20.1. The van der Waals surface area contributed by atoms with Crippen LogP contribution in [0.1, 0.15) is 15.9 Å². The molecule has 0 radical (unpaired) electrons. The second-order valence-corrected chi connectivity index (χ2v) is 9.15. The number of pyridine rings is 1. The largest absolute Gasteiger partial charge is 0.573 e. The number of carbonyl (C=O) groups excluding carboxylic acids is 2. The predicted molar refractivity (Wildman–Crippen MR) is 139 cm³/mol. The van der Waals surface area contributed by atoms with Crippen molar-refractivity contribution in [3.63, 3.8) is 0 Å². The van der Waals surface area contributed by atoms with Gasteiger partial charge in [-0.1, -0.05) is 24.3 Å². The summed E-state index contributed by atoms with van der Waals surface area (Å²) < 4.78 is 69.2. The number of aromatic nitrogens is 3. The van der Waals surface area contributed by atoms with E-state index in [-0.39, 0.29) is 42.3 Å². The summed E-state index contributed by atoms with van der Waals surface area (Å²) in [5.74, 6) is -4.68. The minimum Gasteiger partial charge on any atom is -0.405 e. The monoisotopic (exact) mass is 585 g/mol. The molecule has 3 N–H and O–H groups in total. The Morgan fingerprint density at radius 1 is 1.07 bits per heavy atom. The van der Waals surface area contributed by atoms with Gasteiger partial charge < -0.3 is 25.3 Å². The molecule has 10 nitrogen and oxygen atoms in total. The van der Waals surface area contributed by atoms with Gasteiger partial charge in [0.15, 0.2) is 5.82 Å². The molecule has 3 heterocycles. The van der Waals surface area contributed by atoms with E-state index in [0.29, 0.717) is 5.56 Å². The average Bonchev–Trinajstić information content (AvgIpc) is 3.64. The molecule has 1 fully saturated rings. The van der Waals surface area contributed by atoms with E-state index in [0.717, 1.165) is 6.07 Å². The van der Waals surface area contributed by atoms with Crippen LogP contribution in [0.4, 0.5) is 17.6 Å². The Morgan fingerprint density at radius 2 is 1.83 bits per heavy atom. The molecule has 1 saturated heterocycles. The fourth-order valence-corrected chi connectivity index (χ4v) is 4.59. The van der Waals surface area contributed by atoms with Crippen molar-refractivity contribution in [1.29, 1.82) is 0 Å². The summed E-state index contributed by atoms with van der Waals surface area (Å²) in [6.45, 7) is 0.0678. The SMILES string of the molecule is NC(=O)C1(C(Cc2cccc(F)c2)NC(=O)c2cccnc2-n2ccc(-c3ccccc3OC(F)(F)F)n2)OCCO1. The third-order valence-corrected chi connectivity index (χ3v) is 6.38. The maximum absolute atomic E-state index is 13.9. The molecule has 1 aliphatic rings. The van der Waals surface area contributed by atoms with Crippen LogP contribution < -0.4 is 15.8 Å². The van der Waals surface area contributed by atoms with Gasteiger partial charge in [-0.25, -0.2) is 14.1 Å². The molecule has 5 rings (SSSR count). The molecular formula is C28H23F4N5O5. The van der Waals surface area contributed by atoms with Crippen LogP contribution in [0.2, 0.25) is 0 Å². The van der Waals surface area contributed by atoms with Crippen molar-refractivity contribution >= 4 is 11.8 Å². The lowest BCUT2D eigenvalue weighted by atomic mass is 9.97. The second-order valence-electron chi connectivity index (χ2n) is 9.15. The number of ether oxygens (including phenoxy) is 3. The number of alkyl halides is 3. The van der Waals surface area contributed by atoms with Gasteiger partial charge in [-0.2, -0.15) is 5.10 Å². The van der Waals surface area contributed by atoms with E-state index in [4.69, 9.17) is 15.2 Å². The van der Waals surface area contributed by atoms with Crippen LogP contribution in [0.5, 0.6) is 5.75 Å². The van der Waals surface area contributed by atoms with Gasteiger partial charge >= 0.3 is 6.36 Å². The van der Waals surface area contributed by atoms with Crippen molar-refractivity contribution in [2.75, 3.05) is 13.2 Å². The number of rotatable bonds is 9. The number of nitrogens with zero attached hydrogens (tertiary/aromatic N) is 3. The molecule has 2 aromatic carbocycles. The molecule has 4 aromatic rings. The Kier molecular flexibility index (Phi) is 7.91. The number of primary amides is 1. The fourth-order valence-electron chi connectivity index (χ4n) is 4.59. The highest BCUT2D eigenvalue weighted by molar-refractivity contribution is 5.98. The first-order valence-corrected chi connectivity index (χ1v) is 12.5. The number of carbonyl (C=O) groups is 2. The molecule has 1 atom stereocenters. The summed E-state index contributed by atoms with van der Waals surface area (Å²) in [5, 5.41) is 7.03. The van der Waals surface area contributed by atoms with Crippen LogP contribution in [0.25, 0.3) is 17.1 Å². The average molecular weight is 586 g/mol. The Hall–Kier alpha value is -4.82. The van der Waals surface area contributed by atoms with Crippen molar-refractivity contribution in [3.05, 3.63) is 96.1 Å². The topological polar surface area (TPSA) is 131 Å². The lowest BCUT2D eigenvalue weighted by molar-refractivity contribution is -0.274. The lowest BCUT2D eigenvalue weighted by Crippen LogP contribution is -2.61. The minimum atomic E-state index is -4.91. The van der Waals surface area contributed by atoms with Crippen molar-refractivity contribution < 1.29 is 41.4 Å². The molecule has 2 amide bonds. The van der Waals surface area contributed by atoms with E-state index < -0.39 is 41.6 Å². The van der Waals surface area contributed by atoms with Crippen molar-refractivity contribution in [3.8, 4) is 22.8 Å². The summed E-state index contributed by atoms with van der Waals surface area (Å²) in [6, 6.07) is 14.2. The van der Waals surface area contributed by atoms with Crippen LogP contribution >= 0.6 is 0 Å². The third kappa shape index (κ3) is 6.09. The van der Waals surface area contributed by atoms with Gasteiger partial charge in [-0.3, -0.25) is 9.59 Å². The summed E-state index contributed by atoms with van der Waals surface area (Å²) in [7, 11) is 0. The van der Waals surface area contributed by atoms with E-state index in [9.17, 15) is 27.2 Å². The van der Waals surface area contributed by atoms with E-state index in [1.807, 2.05) is 0 Å². The number of benzene rings is 2. The zero-order valence-corrected chi connectivity index (χ0v) is 21.7. The number of amides is 2. The van der Waals surface area contributed by atoms with E-state index in [2.05, 4.69) is 20.1 Å². The van der Waals surface area contributed by atoms with E-state index in [1.54, 1.807) is 6.07 Å². The molecule has 218 valence electrons. The summed E-state index contributed by atoms with van der Waals surface area (Å²) in [4.78, 5) is 30.4. The minimum absolute atomic E-state index is 0.00571. The second kappa shape index (κ2) is 11.6. The number of hydrogen-bond acceptors (Lipinski definition) is 7. The fraction of sp³-hybridized carbons (Fsp3) is 0.214. The number of hydrogen-bond donors (Lipinski definition) is 2. The van der Waals surface area contributed by atoms with Gasteiger partial charge in [0.2, 0.25) is 0 Å². The Morgan fingerprint density at radius 3 is 2.55 bits per heavy atom. The van der Waals surface area contributed by atoms with E-state index >= 15 is 0 Å². The Labute approximate surface area is 236 Å². The third-order valence-electron chi connectivity index (χ3n) is 6.38. The van der Waals surface area contributed by atoms with Crippen LogP contribution in [0.15, 0.2) is 79.1 Å². The Balaban J connectivity index is 1.47. The highest BCUT2D eigenvalue weighted by atomic mass is 19.4. The first-order valence-electron chi connectivity index (χ1n) is 12.5. The van der Waals surface area contributed by atoms with Crippen LogP contribution in [-0.2, 0) is 20.7 Å². The highest BCUT2D eigenvalue weighted by Gasteiger charge is 2.51. The maximum Gasteiger partial charge on any atom is 0.573 e. The smallest absolute Gasteiger partial charge is 0.405 e. The Bertz CT molecular complexity index is 1600. The van der Waals surface area contributed by atoms with Crippen LogP contribution in [0.3, 0.4) is 0 Å². The lowest BCUT2D eigenvalue weighted by Gasteiger charge is -2.33. The molecule has 0 bridgehead atoms. The van der Waals surface area contributed by atoms with Crippen molar-refractivity contribution in [1.82, 2.24) is 20.1 Å². The summed E-state index contributed by atoms with van der Waals surface area (Å²) >= 11 is 0. The van der Waals surface area contributed by atoms with Gasteiger partial charge in [0.05, 0.1) is 30.5 Å². The van der Waals surface area contributed by atoms with Gasteiger partial charge in [0.25, 0.3) is 17.6 Å². The number of halogens is 4. The molecule has 0 aliphatic carbocycles. The standard InChI is InChI=1S/C28H23F4N5O5/c29-18-6-3-5-17(15-18)16-23(27(26(33)39)40-13-14-41-27)35-25(38)20-8-4-11-34-24(20)37-12-10-21(36-37)19-7-1-2-9-22(19)42-28(30,31)32/h1-12,15,23H,13-14,16H2,(H2,33,39)(H,35,38). The zero-order chi connectivity index (χ0) is 29.9. The molecule has 0 saturated carbocycles. The summed E-state index contributed by atoms with van der Waals surface area (Å²) in [6.07, 6.45) is -2.18. The number of nitrogens with one attached hydrogen (secondary N) is 1. The van der Waals surface area contributed by atoms with Crippen molar-refractivity contribution in [2.45, 2.75) is 24.6 Å². The summed E-state index contributed by atoms with van der Waals surface area (Å²) in [5.41, 5.74) is 6.25. The first kappa shape index (κ1) is 28.7. The van der Waals surface area contributed by atoms with Gasteiger partial charge in [-0.15, -0.1) is 13.2 Å². The quantitative estimate of drug-likeness (QED) is 0.288. The molecule has 1 unspecified atom stereocenters. The van der Waals surface area contributed by atoms with Crippen LogP contribution in [0, 0.1) is 5.82 Å². The molecule has 1 aliphatic heterocycles. The van der Waals surface area contributed by atoms with Gasteiger partial charge in [0.1, 0.15) is 11.6 Å². The maximum atomic E-state index is 13.9. The molecule has 2 aromatic heterocycles. The molecular weight excluding hydrogens is 562 g/mol.